The lowest BCUT2D eigenvalue weighted by Crippen LogP contribution is -2.05. The number of carbonyl (C=O) groups is 1. The van der Waals surface area contributed by atoms with Gasteiger partial charge in [0.05, 0.1) is 21.7 Å². The predicted octanol–water partition coefficient (Wildman–Crippen LogP) is 3.55. The fourth-order valence-corrected chi connectivity index (χ4v) is 2.83. The van der Waals surface area contributed by atoms with E-state index >= 15 is 0 Å². The fraction of sp³-hybridized carbons (Fsp3) is 0.0500. The number of ketones is 1. The number of aryl methyl sites for hydroxylation is 1. The normalized spacial score (nSPS) is 10.9. The van der Waals surface area contributed by atoms with Gasteiger partial charge >= 0.3 is 0 Å². The van der Waals surface area contributed by atoms with Gasteiger partial charge in [-0.2, -0.15) is 5.10 Å². The highest BCUT2D eigenvalue weighted by Crippen LogP contribution is 2.26. The molecular formula is C20H14N4O4. The maximum absolute atomic E-state index is 12.7. The summed E-state index contributed by atoms with van der Waals surface area (Å²) in [4.78, 5) is 27.3. The standard InChI is InChI=1S/C20H14N4O4/c1-12-2-4-13(5-3-12)17-9-19-21-10-14(11-23(19)22-17)20(26)16-8-15(24(27)28)6-7-18(16)25/h2-11,25H,1H3. The van der Waals surface area contributed by atoms with Crippen molar-refractivity contribution < 1.29 is 14.8 Å². The first-order chi connectivity index (χ1) is 13.4. The Balaban J connectivity index is 1.74. The molecule has 2 aromatic carbocycles. The molecule has 0 bridgehead atoms. The van der Waals surface area contributed by atoms with E-state index in [1.165, 1.54) is 16.9 Å². The van der Waals surface area contributed by atoms with Crippen LogP contribution in [0.3, 0.4) is 0 Å². The number of nitro groups is 1. The summed E-state index contributed by atoms with van der Waals surface area (Å²) in [6, 6.07) is 13.0. The number of nitro benzene ring substituents is 1. The molecule has 0 unspecified atom stereocenters. The maximum atomic E-state index is 12.7. The van der Waals surface area contributed by atoms with E-state index in [2.05, 4.69) is 10.1 Å². The van der Waals surface area contributed by atoms with Gasteiger partial charge in [0, 0.05) is 36.2 Å². The molecule has 1 N–H and O–H groups in total. The molecule has 8 nitrogen and oxygen atoms in total. The summed E-state index contributed by atoms with van der Waals surface area (Å²) < 4.78 is 1.47. The second-order valence-electron chi connectivity index (χ2n) is 6.33. The van der Waals surface area contributed by atoms with Crippen LogP contribution in [-0.2, 0) is 0 Å². The Bertz CT molecular complexity index is 1230. The number of phenols is 1. The van der Waals surface area contributed by atoms with Crippen LogP contribution in [0.2, 0.25) is 0 Å². The third kappa shape index (κ3) is 3.07. The van der Waals surface area contributed by atoms with Crippen molar-refractivity contribution in [2.24, 2.45) is 0 Å². The first kappa shape index (κ1) is 17.3. The molecule has 0 fully saturated rings. The van der Waals surface area contributed by atoms with Crippen molar-refractivity contribution in [2.45, 2.75) is 6.92 Å². The number of rotatable bonds is 4. The van der Waals surface area contributed by atoms with Crippen LogP contribution in [0.25, 0.3) is 16.9 Å². The highest BCUT2D eigenvalue weighted by molar-refractivity contribution is 6.10. The first-order valence-electron chi connectivity index (χ1n) is 8.37. The average Bonchev–Trinajstić information content (AvgIpc) is 3.11. The van der Waals surface area contributed by atoms with Gasteiger partial charge in [-0.05, 0) is 13.0 Å². The number of aromatic hydroxyl groups is 1. The lowest BCUT2D eigenvalue weighted by atomic mass is 10.0. The van der Waals surface area contributed by atoms with E-state index in [1.54, 1.807) is 6.07 Å². The number of carbonyl (C=O) groups excluding carboxylic acids is 1. The average molecular weight is 374 g/mol. The summed E-state index contributed by atoms with van der Waals surface area (Å²) in [5, 5.41) is 25.3. The summed E-state index contributed by atoms with van der Waals surface area (Å²) in [6.07, 6.45) is 2.84. The second-order valence-corrected chi connectivity index (χ2v) is 6.33. The largest absolute Gasteiger partial charge is 0.507 e. The predicted molar refractivity (Wildman–Crippen MR) is 101 cm³/mol. The number of hydrogen-bond acceptors (Lipinski definition) is 6. The van der Waals surface area contributed by atoms with E-state index in [1.807, 2.05) is 31.2 Å². The van der Waals surface area contributed by atoms with Crippen LogP contribution in [-0.4, -0.2) is 30.4 Å². The summed E-state index contributed by atoms with van der Waals surface area (Å²) in [7, 11) is 0. The van der Waals surface area contributed by atoms with Gasteiger partial charge in [0.15, 0.2) is 11.4 Å². The highest BCUT2D eigenvalue weighted by atomic mass is 16.6. The van der Waals surface area contributed by atoms with E-state index in [0.717, 1.165) is 29.3 Å². The van der Waals surface area contributed by atoms with Crippen molar-refractivity contribution >= 4 is 17.1 Å². The van der Waals surface area contributed by atoms with Crippen LogP contribution in [0.15, 0.2) is 60.9 Å². The zero-order valence-electron chi connectivity index (χ0n) is 14.7. The Morgan fingerprint density at radius 3 is 2.61 bits per heavy atom. The molecule has 2 aromatic heterocycles. The molecule has 0 aliphatic carbocycles. The number of aromatic nitrogens is 3. The summed E-state index contributed by atoms with van der Waals surface area (Å²) >= 11 is 0. The third-order valence-electron chi connectivity index (χ3n) is 4.36. The summed E-state index contributed by atoms with van der Waals surface area (Å²) in [5.74, 6) is -0.917. The van der Waals surface area contributed by atoms with Crippen molar-refractivity contribution in [1.29, 1.82) is 0 Å². The zero-order valence-corrected chi connectivity index (χ0v) is 14.7. The molecule has 138 valence electrons. The van der Waals surface area contributed by atoms with Crippen molar-refractivity contribution in [3.05, 3.63) is 87.7 Å². The van der Waals surface area contributed by atoms with Crippen molar-refractivity contribution in [1.82, 2.24) is 14.6 Å². The minimum Gasteiger partial charge on any atom is -0.507 e. The van der Waals surface area contributed by atoms with Crippen LogP contribution in [0.5, 0.6) is 5.75 Å². The van der Waals surface area contributed by atoms with Crippen LogP contribution in [0.1, 0.15) is 21.5 Å². The van der Waals surface area contributed by atoms with Gasteiger partial charge < -0.3 is 5.11 Å². The molecule has 0 saturated heterocycles. The van der Waals surface area contributed by atoms with Crippen molar-refractivity contribution in [3.8, 4) is 17.0 Å². The van der Waals surface area contributed by atoms with Crippen LogP contribution >= 0.6 is 0 Å². The molecule has 8 heteroatoms. The molecule has 0 aliphatic heterocycles. The summed E-state index contributed by atoms with van der Waals surface area (Å²) in [5.41, 5.74) is 3.01. The Hall–Kier alpha value is -4.07. The zero-order chi connectivity index (χ0) is 19.8. The summed E-state index contributed by atoms with van der Waals surface area (Å²) in [6.45, 7) is 2.00. The first-order valence-corrected chi connectivity index (χ1v) is 8.37. The maximum Gasteiger partial charge on any atom is 0.270 e. The Labute approximate surface area is 158 Å². The quantitative estimate of drug-likeness (QED) is 0.332. The number of nitrogens with zero attached hydrogens (tertiary/aromatic N) is 4. The van der Waals surface area contributed by atoms with E-state index < -0.39 is 10.7 Å². The third-order valence-corrected chi connectivity index (χ3v) is 4.36. The van der Waals surface area contributed by atoms with E-state index in [-0.39, 0.29) is 22.6 Å². The van der Waals surface area contributed by atoms with Gasteiger partial charge in [0.1, 0.15) is 5.75 Å². The smallest absolute Gasteiger partial charge is 0.270 e. The molecule has 0 spiro atoms. The Morgan fingerprint density at radius 2 is 1.89 bits per heavy atom. The van der Waals surface area contributed by atoms with E-state index in [4.69, 9.17) is 0 Å². The number of fused-ring (bicyclic) bond motifs is 1. The van der Waals surface area contributed by atoms with Crippen molar-refractivity contribution in [2.75, 3.05) is 0 Å². The molecular weight excluding hydrogens is 360 g/mol. The lowest BCUT2D eigenvalue weighted by Gasteiger charge is -2.04. The second kappa shape index (κ2) is 6.58. The molecule has 28 heavy (non-hydrogen) atoms. The van der Waals surface area contributed by atoms with Gasteiger partial charge in [0.2, 0.25) is 0 Å². The monoisotopic (exact) mass is 374 g/mol. The molecule has 0 aliphatic rings. The van der Waals surface area contributed by atoms with Crippen LogP contribution < -0.4 is 0 Å². The molecule has 2 heterocycles. The SMILES string of the molecule is Cc1ccc(-c2cc3ncc(C(=O)c4cc([N+](=O)[O-])ccc4O)cn3n2)cc1. The van der Waals surface area contributed by atoms with Gasteiger partial charge in [-0.15, -0.1) is 0 Å². The fourth-order valence-electron chi connectivity index (χ4n) is 2.83. The van der Waals surface area contributed by atoms with Gasteiger partial charge in [-0.1, -0.05) is 29.8 Å². The number of benzene rings is 2. The minimum absolute atomic E-state index is 0.154. The van der Waals surface area contributed by atoms with Gasteiger partial charge in [-0.3, -0.25) is 14.9 Å². The number of hydrogen-bond donors (Lipinski definition) is 1. The Morgan fingerprint density at radius 1 is 1.14 bits per heavy atom. The molecule has 4 aromatic rings. The van der Waals surface area contributed by atoms with Gasteiger partial charge in [-0.25, -0.2) is 9.50 Å². The number of non-ortho nitro benzene ring substituents is 1. The molecule has 0 atom stereocenters. The molecule has 0 amide bonds. The van der Waals surface area contributed by atoms with Gasteiger partial charge in [0.25, 0.3) is 5.69 Å². The van der Waals surface area contributed by atoms with Crippen LogP contribution in [0, 0.1) is 17.0 Å². The molecule has 0 radical (unpaired) electrons. The highest BCUT2D eigenvalue weighted by Gasteiger charge is 2.19. The lowest BCUT2D eigenvalue weighted by molar-refractivity contribution is -0.384. The minimum atomic E-state index is -0.626. The number of phenolic OH excluding ortho intramolecular Hbond substituents is 1. The van der Waals surface area contributed by atoms with E-state index in [0.29, 0.717) is 11.3 Å². The van der Waals surface area contributed by atoms with Crippen LogP contribution in [0.4, 0.5) is 5.69 Å². The Kier molecular flexibility index (Phi) is 4.08. The van der Waals surface area contributed by atoms with Crippen molar-refractivity contribution in [3.63, 3.8) is 0 Å². The van der Waals surface area contributed by atoms with E-state index in [9.17, 15) is 20.0 Å². The molecule has 0 saturated carbocycles. The topological polar surface area (TPSA) is 111 Å². The molecule has 4 rings (SSSR count).